The van der Waals surface area contributed by atoms with Gasteiger partial charge in [0.1, 0.15) is 48.8 Å². The van der Waals surface area contributed by atoms with Crippen molar-refractivity contribution in [2.24, 2.45) is 0 Å². The van der Waals surface area contributed by atoms with Gasteiger partial charge in [-0.15, -0.1) is 0 Å². The normalized spacial score (nSPS) is 24.9. The van der Waals surface area contributed by atoms with E-state index >= 15 is 0 Å². The van der Waals surface area contributed by atoms with E-state index in [1.807, 2.05) is 6.08 Å². The summed E-state index contributed by atoms with van der Waals surface area (Å²) < 4.78 is 22.8. The van der Waals surface area contributed by atoms with Gasteiger partial charge in [-0.1, -0.05) is 270 Å². The van der Waals surface area contributed by atoms with Crippen LogP contribution in [-0.4, -0.2) is 140 Å². The molecule has 2 saturated heterocycles. The number of unbranched alkanes of at least 4 members (excludes halogenated alkanes) is 39. The zero-order valence-corrected chi connectivity index (χ0v) is 48.5. The molecule has 2 rings (SSSR count). The first kappa shape index (κ1) is 70.8. The molecule has 0 aromatic heterocycles. The van der Waals surface area contributed by atoms with E-state index in [1.165, 1.54) is 218 Å². The summed E-state index contributed by atoms with van der Waals surface area (Å²) in [6, 6.07) is -0.909. The number of allylic oxidation sites excluding steroid dienone is 1. The van der Waals surface area contributed by atoms with E-state index in [9.17, 15) is 45.6 Å². The Morgan fingerprint density at radius 2 is 0.816 bits per heavy atom. The molecule has 0 spiro atoms. The molecule has 12 atom stereocenters. The fraction of sp³-hybridized carbons (Fsp3) is 0.952. The Hall–Kier alpha value is -1.27. The predicted octanol–water partition coefficient (Wildman–Crippen LogP) is 11.5. The third-order valence-corrected chi connectivity index (χ3v) is 16.0. The topological polar surface area (TPSA) is 228 Å². The van der Waals surface area contributed by atoms with Gasteiger partial charge in [-0.3, -0.25) is 4.79 Å². The van der Waals surface area contributed by atoms with Crippen LogP contribution in [0.15, 0.2) is 12.2 Å². The molecule has 2 aliphatic rings. The number of nitrogens with one attached hydrogen (secondary N) is 1. The van der Waals surface area contributed by atoms with E-state index in [4.69, 9.17) is 18.9 Å². The molecular weight excluding hydrogens is 967 g/mol. The maximum absolute atomic E-state index is 13.3. The van der Waals surface area contributed by atoms with Crippen LogP contribution in [0.3, 0.4) is 0 Å². The van der Waals surface area contributed by atoms with Crippen LogP contribution in [0.1, 0.15) is 284 Å². The molecule has 0 aromatic rings. The molecule has 14 nitrogen and oxygen atoms in total. The average Bonchev–Trinajstić information content (AvgIpc) is 3.42. The lowest BCUT2D eigenvalue weighted by atomic mass is 9.97. The van der Waals surface area contributed by atoms with Crippen LogP contribution in [0.4, 0.5) is 0 Å². The minimum atomic E-state index is -1.79. The number of ether oxygens (including phenoxy) is 4. The number of aliphatic hydroxyl groups is 8. The maximum Gasteiger partial charge on any atom is 0.220 e. The van der Waals surface area contributed by atoms with E-state index in [-0.39, 0.29) is 18.9 Å². The summed E-state index contributed by atoms with van der Waals surface area (Å²) in [5, 5.41) is 87.1. The van der Waals surface area contributed by atoms with Crippen LogP contribution < -0.4 is 5.32 Å². The molecular formula is C62H119NO13. The molecule has 2 aliphatic heterocycles. The number of rotatable bonds is 52. The van der Waals surface area contributed by atoms with E-state index in [0.717, 1.165) is 38.5 Å². The maximum atomic E-state index is 13.3. The van der Waals surface area contributed by atoms with Gasteiger partial charge in [-0.05, 0) is 19.3 Å². The van der Waals surface area contributed by atoms with Gasteiger partial charge in [0.15, 0.2) is 12.6 Å². The van der Waals surface area contributed by atoms with Crippen LogP contribution in [0, 0.1) is 0 Å². The van der Waals surface area contributed by atoms with Crippen molar-refractivity contribution in [1.82, 2.24) is 5.32 Å². The third-order valence-electron chi connectivity index (χ3n) is 16.0. The molecule has 0 radical (unpaired) electrons. The lowest BCUT2D eigenvalue weighted by Gasteiger charge is -2.46. The molecule has 9 N–H and O–H groups in total. The first-order chi connectivity index (χ1) is 37.1. The highest BCUT2D eigenvalue weighted by molar-refractivity contribution is 5.76. The molecule has 2 fully saturated rings. The van der Waals surface area contributed by atoms with E-state index < -0.39 is 86.8 Å². The van der Waals surface area contributed by atoms with Crippen molar-refractivity contribution >= 4 is 5.91 Å². The number of hydrogen-bond acceptors (Lipinski definition) is 13. The quantitative estimate of drug-likeness (QED) is 0.0204. The molecule has 450 valence electrons. The Kier molecular flexibility index (Phi) is 45.1. The van der Waals surface area contributed by atoms with E-state index in [1.54, 1.807) is 6.08 Å². The monoisotopic (exact) mass is 1090 g/mol. The average molecular weight is 1090 g/mol. The molecule has 2 heterocycles. The minimum absolute atomic E-state index is 0.233. The fourth-order valence-electron chi connectivity index (χ4n) is 10.8. The minimum Gasteiger partial charge on any atom is -0.394 e. The third kappa shape index (κ3) is 33.5. The van der Waals surface area contributed by atoms with Crippen LogP contribution >= 0.6 is 0 Å². The van der Waals surface area contributed by atoms with Crippen molar-refractivity contribution in [2.45, 2.75) is 357 Å². The predicted molar refractivity (Wildman–Crippen MR) is 305 cm³/mol. The summed E-state index contributed by atoms with van der Waals surface area (Å²) in [5.41, 5.74) is 0. The molecule has 76 heavy (non-hydrogen) atoms. The first-order valence-corrected chi connectivity index (χ1v) is 31.9. The Morgan fingerprint density at radius 3 is 1.21 bits per heavy atom. The number of amides is 1. The molecule has 0 bridgehead atoms. The number of carbonyl (C=O) groups excluding carboxylic acids is 1. The zero-order valence-electron chi connectivity index (χ0n) is 48.5. The van der Waals surface area contributed by atoms with Crippen molar-refractivity contribution in [2.75, 3.05) is 19.8 Å². The van der Waals surface area contributed by atoms with Crippen LogP contribution in [-0.2, 0) is 23.7 Å². The molecule has 1 amide bonds. The fourth-order valence-corrected chi connectivity index (χ4v) is 10.8. The second-order valence-corrected chi connectivity index (χ2v) is 22.9. The van der Waals surface area contributed by atoms with Gasteiger partial charge >= 0.3 is 0 Å². The number of aliphatic hydroxyl groups excluding tert-OH is 8. The van der Waals surface area contributed by atoms with Crippen molar-refractivity contribution in [3.8, 4) is 0 Å². The Balaban J connectivity index is 1.68. The molecule has 0 saturated carbocycles. The Morgan fingerprint density at radius 1 is 0.461 bits per heavy atom. The van der Waals surface area contributed by atoms with Crippen molar-refractivity contribution in [3.05, 3.63) is 12.2 Å². The van der Waals surface area contributed by atoms with Gasteiger partial charge in [0.05, 0.1) is 32.0 Å². The highest BCUT2D eigenvalue weighted by atomic mass is 16.7. The van der Waals surface area contributed by atoms with Gasteiger partial charge in [-0.2, -0.15) is 0 Å². The van der Waals surface area contributed by atoms with Crippen molar-refractivity contribution < 1.29 is 64.6 Å². The Labute approximate surface area is 463 Å². The lowest BCUT2D eigenvalue weighted by Crippen LogP contribution is -2.65. The van der Waals surface area contributed by atoms with Crippen LogP contribution in [0.5, 0.6) is 0 Å². The van der Waals surface area contributed by atoms with Gasteiger partial charge in [-0.25, -0.2) is 0 Å². The Bertz CT molecular complexity index is 1330. The SMILES string of the molecule is CCCCCCCCCCCCCCC/C=C/[C@@H](O)[C@H](CO[C@@H]1O[C@H](CO)[C@@H](O[C@@H]2O[C@H](CO)[C@H](O)C(O)C2O)C(O)C1O)NC(=O)CCCCCCCCCCCCCCCCCCCCCCCCCCCCC. The second kappa shape index (κ2) is 48.4. The van der Waals surface area contributed by atoms with E-state index in [0.29, 0.717) is 6.42 Å². The smallest absolute Gasteiger partial charge is 0.220 e. The largest absolute Gasteiger partial charge is 0.394 e. The summed E-state index contributed by atoms with van der Waals surface area (Å²) in [7, 11) is 0. The molecule has 14 heteroatoms. The second-order valence-electron chi connectivity index (χ2n) is 22.9. The number of carbonyl (C=O) groups is 1. The van der Waals surface area contributed by atoms with Gasteiger partial charge in [0, 0.05) is 6.42 Å². The molecule has 0 aromatic carbocycles. The first-order valence-electron chi connectivity index (χ1n) is 31.9. The highest BCUT2D eigenvalue weighted by Crippen LogP contribution is 2.30. The van der Waals surface area contributed by atoms with Gasteiger partial charge < -0.3 is 65.1 Å². The van der Waals surface area contributed by atoms with Crippen LogP contribution in [0.2, 0.25) is 0 Å². The summed E-state index contributed by atoms with van der Waals surface area (Å²) in [6.45, 7) is 2.83. The molecule has 0 aliphatic carbocycles. The van der Waals surface area contributed by atoms with Crippen molar-refractivity contribution in [3.63, 3.8) is 0 Å². The molecule has 4 unspecified atom stereocenters. The zero-order chi connectivity index (χ0) is 55.3. The van der Waals surface area contributed by atoms with Crippen molar-refractivity contribution in [1.29, 1.82) is 0 Å². The van der Waals surface area contributed by atoms with Gasteiger partial charge in [0.2, 0.25) is 5.91 Å². The summed E-state index contributed by atoms with van der Waals surface area (Å²) >= 11 is 0. The summed E-state index contributed by atoms with van der Waals surface area (Å²) in [4.78, 5) is 13.3. The lowest BCUT2D eigenvalue weighted by molar-refractivity contribution is -0.359. The highest BCUT2D eigenvalue weighted by Gasteiger charge is 2.51. The van der Waals surface area contributed by atoms with Gasteiger partial charge in [0.25, 0.3) is 0 Å². The van der Waals surface area contributed by atoms with Crippen LogP contribution in [0.25, 0.3) is 0 Å². The van der Waals surface area contributed by atoms with E-state index in [2.05, 4.69) is 19.2 Å². The summed E-state index contributed by atoms with van der Waals surface area (Å²) in [5.74, 6) is -0.233. The number of hydrogen-bond donors (Lipinski definition) is 9. The standard InChI is InChI=1S/C62H119NO13/c1-3-5-7-9-11-13-15-17-19-20-21-22-23-24-25-26-27-28-29-30-32-34-36-38-40-42-44-46-54(67)63-50(51(66)45-43-41-39-37-35-33-31-18-16-14-12-10-8-6-4-2)49-73-61-59(72)57(70)60(53(48-65)75-61)76-62-58(71)56(69)55(68)52(47-64)74-62/h43,45,50-53,55-62,64-66,68-72H,3-42,44,46-49H2,1-2H3,(H,63,67)/b45-43+/t50-,51+,52+,53+,55-,56?,57?,58?,59?,60+,61+,62-/m0/s1. The summed E-state index contributed by atoms with van der Waals surface area (Å²) in [6.07, 6.45) is 39.8.